The summed E-state index contributed by atoms with van der Waals surface area (Å²) in [5, 5.41) is 19.7. The predicted octanol–water partition coefficient (Wildman–Crippen LogP) is 5.49. The lowest BCUT2D eigenvalue weighted by Crippen LogP contribution is -2.55. The summed E-state index contributed by atoms with van der Waals surface area (Å²) in [6, 6.07) is 28.3. The third-order valence-electron chi connectivity index (χ3n) is 14.6. The Morgan fingerprint density at radius 2 is 0.932 bits per heavy atom. The van der Waals surface area contributed by atoms with Gasteiger partial charge in [0.2, 0.25) is 23.7 Å². The van der Waals surface area contributed by atoms with E-state index in [1.54, 1.807) is 58.0 Å². The average molecular weight is 1000 g/mol. The molecule has 74 heavy (non-hydrogen) atoms. The maximum atomic E-state index is 13.0. The van der Waals surface area contributed by atoms with Crippen LogP contribution >= 0.6 is 0 Å². The number of aromatic nitrogens is 8. The van der Waals surface area contributed by atoms with E-state index in [-0.39, 0.29) is 47.1 Å². The van der Waals surface area contributed by atoms with Crippen molar-refractivity contribution < 1.29 is 19.8 Å². The van der Waals surface area contributed by atoms with Crippen LogP contribution in [0.2, 0.25) is 0 Å². The molecule has 0 bridgehead atoms. The Kier molecular flexibility index (Phi) is 14.6. The summed E-state index contributed by atoms with van der Waals surface area (Å²) in [4.78, 5) is 75.7. The lowest BCUT2D eigenvalue weighted by Gasteiger charge is -2.39. The Balaban J connectivity index is 0.000000182. The molecule has 2 amide bonds. The first-order valence-corrected chi connectivity index (χ1v) is 25.1. The van der Waals surface area contributed by atoms with Gasteiger partial charge in [-0.2, -0.15) is 0 Å². The number of aryl methyl sites for hydroxylation is 2. The molecule has 1 unspecified atom stereocenters. The van der Waals surface area contributed by atoms with Crippen molar-refractivity contribution in [2.75, 3.05) is 62.3 Å². The number of nitrogens with zero attached hydrogens (tertiary/aromatic N) is 12. The Labute approximate surface area is 429 Å². The van der Waals surface area contributed by atoms with E-state index in [2.05, 4.69) is 93.8 Å². The Morgan fingerprint density at radius 3 is 1.27 bits per heavy atom. The second-order valence-corrected chi connectivity index (χ2v) is 19.6. The van der Waals surface area contributed by atoms with E-state index in [9.17, 15) is 29.4 Å². The maximum Gasteiger partial charge on any atom is 0.274 e. The lowest BCUT2D eigenvalue weighted by molar-refractivity contribution is -0.137. The smallest absolute Gasteiger partial charge is 0.274 e. The molecule has 10 rings (SSSR count). The molecule has 4 aromatic heterocycles. The van der Waals surface area contributed by atoms with Crippen LogP contribution in [0.3, 0.4) is 0 Å². The van der Waals surface area contributed by atoms with Crippen molar-refractivity contribution in [2.24, 2.45) is 14.1 Å². The number of rotatable bonds is 10. The lowest BCUT2D eigenvalue weighted by atomic mass is 10.0. The van der Waals surface area contributed by atoms with Crippen molar-refractivity contribution in [3.8, 4) is 22.3 Å². The van der Waals surface area contributed by atoms with Crippen LogP contribution in [-0.4, -0.2) is 135 Å². The van der Waals surface area contributed by atoms with Crippen LogP contribution in [0.1, 0.15) is 62.0 Å². The molecular weight excluding hydrogens is 937 g/mol. The van der Waals surface area contributed by atoms with Crippen LogP contribution < -0.4 is 20.9 Å². The van der Waals surface area contributed by atoms with Gasteiger partial charge < -0.3 is 29.8 Å². The molecule has 0 spiro atoms. The van der Waals surface area contributed by atoms with Gasteiger partial charge in [-0.1, -0.05) is 71.8 Å². The molecule has 2 N–H and O–H groups in total. The summed E-state index contributed by atoms with van der Waals surface area (Å²) >= 11 is 0. The first-order chi connectivity index (χ1) is 35.6. The Bertz CT molecular complexity index is 3240. The van der Waals surface area contributed by atoms with Gasteiger partial charge in [-0.25, -0.2) is 19.9 Å². The molecular formula is C56H64N12O6. The number of amides is 2. The molecule has 4 aromatic carbocycles. The molecule has 4 atom stereocenters. The van der Waals surface area contributed by atoms with Crippen LogP contribution in [0.5, 0.6) is 0 Å². The Hall–Kier alpha value is -7.96. The van der Waals surface area contributed by atoms with Crippen molar-refractivity contribution in [3.05, 3.63) is 153 Å². The summed E-state index contributed by atoms with van der Waals surface area (Å²) in [6.07, 6.45) is 7.20. The summed E-state index contributed by atoms with van der Waals surface area (Å²) < 4.78 is 7.45. The minimum Gasteiger partial charge on any atom is -0.387 e. The van der Waals surface area contributed by atoms with Crippen molar-refractivity contribution in [1.82, 2.24) is 48.5 Å². The van der Waals surface area contributed by atoms with Gasteiger partial charge in [0.1, 0.15) is 13.2 Å². The predicted molar refractivity (Wildman–Crippen MR) is 287 cm³/mol. The van der Waals surface area contributed by atoms with Gasteiger partial charge in [0, 0.05) is 101 Å². The maximum absolute atomic E-state index is 13.0. The van der Waals surface area contributed by atoms with Gasteiger partial charge in [-0.15, -0.1) is 0 Å². The topological polar surface area (TPSA) is 193 Å². The second-order valence-electron chi connectivity index (χ2n) is 19.6. The molecule has 0 aliphatic carbocycles. The zero-order valence-corrected chi connectivity index (χ0v) is 43.3. The summed E-state index contributed by atoms with van der Waals surface area (Å²) in [5.74, 6) is 0.708. The van der Waals surface area contributed by atoms with Gasteiger partial charge in [0.15, 0.2) is 0 Å². The number of hydrogen-bond donors (Lipinski definition) is 2. The van der Waals surface area contributed by atoms with Gasteiger partial charge in [0.05, 0.1) is 33.9 Å². The molecule has 2 saturated heterocycles. The van der Waals surface area contributed by atoms with E-state index in [4.69, 9.17) is 0 Å². The molecule has 2 aliphatic rings. The third-order valence-corrected chi connectivity index (χ3v) is 14.6. The fourth-order valence-electron chi connectivity index (χ4n) is 10.6. The van der Waals surface area contributed by atoms with Crippen LogP contribution in [0.4, 0.5) is 11.9 Å². The number of carbonyl (C=O) groups is 2. The highest BCUT2D eigenvalue weighted by Crippen LogP contribution is 2.30. The molecule has 2 aliphatic heterocycles. The first-order valence-electron chi connectivity index (χ1n) is 25.1. The van der Waals surface area contributed by atoms with Crippen molar-refractivity contribution in [1.29, 1.82) is 0 Å². The number of aliphatic hydroxyl groups is 2. The molecule has 18 heteroatoms. The number of benzene rings is 4. The molecule has 0 radical (unpaired) electrons. The van der Waals surface area contributed by atoms with Crippen LogP contribution in [0, 0.1) is 13.8 Å². The number of fused-ring (bicyclic) bond motifs is 2. The summed E-state index contributed by atoms with van der Waals surface area (Å²) in [5.41, 5.74) is 9.89. The van der Waals surface area contributed by atoms with Crippen molar-refractivity contribution in [3.63, 3.8) is 0 Å². The van der Waals surface area contributed by atoms with Crippen molar-refractivity contribution >= 4 is 45.5 Å². The zero-order chi connectivity index (χ0) is 52.5. The van der Waals surface area contributed by atoms with E-state index in [0.29, 0.717) is 61.9 Å². The minimum atomic E-state index is -0.473. The zero-order valence-electron chi connectivity index (χ0n) is 43.3. The fourth-order valence-corrected chi connectivity index (χ4v) is 10.6. The van der Waals surface area contributed by atoms with E-state index in [1.165, 1.54) is 11.1 Å². The fraction of sp³-hybridized carbons (Fsp3) is 0.357. The van der Waals surface area contributed by atoms with Gasteiger partial charge in [-0.05, 0) is 88.1 Å². The number of aliphatic hydroxyl groups excluding tert-OH is 2. The molecule has 0 saturated carbocycles. The quantitative estimate of drug-likeness (QED) is 0.176. The van der Waals surface area contributed by atoms with Crippen LogP contribution in [0.25, 0.3) is 44.1 Å². The van der Waals surface area contributed by atoms with Crippen molar-refractivity contribution in [2.45, 2.75) is 65.7 Å². The molecule has 6 heterocycles. The van der Waals surface area contributed by atoms with Gasteiger partial charge in [-0.3, -0.25) is 37.9 Å². The van der Waals surface area contributed by atoms with Gasteiger partial charge in [0.25, 0.3) is 11.1 Å². The standard InChI is InChI=1S/2C28H32N6O3/c2*1-18-6-5-7-21(12-18)20(3)34-25-13-22(8-9-24(25)27(37)31(34)4)23-14-29-28(30-15-23)32-10-11-33(19(2)16-32)26(36)17-35/h2*5-9,12-15,19-20,35H,10-11,16-17H2,1-4H3/t19-,20?;19-,20+/m11/s1. The molecule has 8 aromatic rings. The third kappa shape index (κ3) is 9.94. The number of carbonyl (C=O) groups excluding carboxylic acids is 2. The summed E-state index contributed by atoms with van der Waals surface area (Å²) in [7, 11) is 3.61. The average Bonchev–Trinajstić information content (AvgIpc) is 3.82. The molecule has 384 valence electrons. The van der Waals surface area contributed by atoms with Crippen LogP contribution in [0.15, 0.2) is 119 Å². The Morgan fingerprint density at radius 1 is 0.554 bits per heavy atom. The van der Waals surface area contributed by atoms with Gasteiger partial charge >= 0.3 is 0 Å². The van der Waals surface area contributed by atoms with Crippen LogP contribution in [-0.2, 0) is 23.7 Å². The van der Waals surface area contributed by atoms with E-state index in [1.807, 2.05) is 71.7 Å². The highest BCUT2D eigenvalue weighted by Gasteiger charge is 2.30. The van der Waals surface area contributed by atoms with E-state index >= 15 is 0 Å². The number of hydrogen-bond acceptors (Lipinski definition) is 12. The monoisotopic (exact) mass is 1000 g/mol. The van der Waals surface area contributed by atoms with E-state index in [0.717, 1.165) is 44.4 Å². The SMILES string of the molecule is Cc1cccc(C(C)n2c3cc(-c4cnc(N5CCN(C(=O)CO)[C@H](C)C5)nc4)ccc3c(=O)n2C)c1.Cc1cccc([C@H](C)n2c3cc(-c4cnc(N5CCN(C(=O)CO)[C@H](C)C5)nc4)ccc3c(=O)n2C)c1. The molecule has 18 nitrogen and oxygen atoms in total. The number of piperazine rings is 2. The first kappa shape index (κ1) is 51.0. The second kappa shape index (κ2) is 21.2. The number of anilines is 2. The summed E-state index contributed by atoms with van der Waals surface area (Å²) in [6.45, 7) is 14.8. The van der Waals surface area contributed by atoms with E-state index < -0.39 is 13.2 Å². The normalized spacial score (nSPS) is 16.8. The minimum absolute atomic E-state index is 0.0256. The highest BCUT2D eigenvalue weighted by atomic mass is 16.3. The largest absolute Gasteiger partial charge is 0.387 e. The molecule has 2 fully saturated rings. The highest BCUT2D eigenvalue weighted by molar-refractivity contribution is 5.86.